The molecule has 0 fully saturated rings. The fourth-order valence-electron chi connectivity index (χ4n) is 0.970. The quantitative estimate of drug-likeness (QED) is 0.227. The molecule has 0 spiro atoms. The number of nitrogens with one attached hydrogen (secondary N) is 2. The van der Waals surface area contributed by atoms with Gasteiger partial charge >= 0.3 is 0 Å². The number of carbonyl (C=O) groups excluding carboxylic acids is 1. The van der Waals surface area contributed by atoms with E-state index in [0.29, 0.717) is 0 Å². The van der Waals surface area contributed by atoms with Crippen LogP contribution in [0.1, 0.15) is 5.56 Å². The molecule has 0 radical (unpaired) electrons. The van der Waals surface area contributed by atoms with Crippen LogP contribution >= 0.6 is 0 Å². The van der Waals surface area contributed by atoms with Gasteiger partial charge in [0.1, 0.15) is 0 Å². The Bertz CT molecular complexity index is 402. The SMILES string of the molecule is C#CNc1ccc(/C=C/C(=O)NO)cc1. The molecule has 0 saturated heterocycles. The van der Waals surface area contributed by atoms with Crippen LogP contribution in [0.5, 0.6) is 0 Å². The smallest absolute Gasteiger partial charge is 0.267 e. The zero-order valence-corrected chi connectivity index (χ0v) is 7.90. The lowest BCUT2D eigenvalue weighted by atomic mass is 10.2. The molecule has 0 aliphatic carbocycles. The van der Waals surface area contributed by atoms with Crippen LogP contribution < -0.4 is 10.8 Å². The van der Waals surface area contributed by atoms with E-state index in [4.69, 9.17) is 11.6 Å². The van der Waals surface area contributed by atoms with Crippen molar-refractivity contribution < 1.29 is 10.0 Å². The predicted molar refractivity (Wildman–Crippen MR) is 57.9 cm³/mol. The van der Waals surface area contributed by atoms with Crippen LogP contribution in [0.15, 0.2) is 30.3 Å². The van der Waals surface area contributed by atoms with Gasteiger partial charge in [0, 0.05) is 17.8 Å². The highest BCUT2D eigenvalue weighted by molar-refractivity contribution is 5.90. The van der Waals surface area contributed by atoms with Gasteiger partial charge in [-0.05, 0) is 23.8 Å². The third kappa shape index (κ3) is 3.55. The van der Waals surface area contributed by atoms with Gasteiger partial charge in [-0.25, -0.2) is 5.48 Å². The Morgan fingerprint density at radius 1 is 1.40 bits per heavy atom. The summed E-state index contributed by atoms with van der Waals surface area (Å²) in [5.74, 6) is -0.569. The number of hydroxylamine groups is 1. The van der Waals surface area contributed by atoms with Gasteiger partial charge in [0.05, 0.1) is 0 Å². The van der Waals surface area contributed by atoms with Gasteiger partial charge < -0.3 is 5.32 Å². The molecular weight excluding hydrogens is 192 g/mol. The molecule has 1 aromatic carbocycles. The second-order valence-electron chi connectivity index (χ2n) is 2.70. The number of rotatable bonds is 3. The molecule has 0 bridgehead atoms. The van der Waals surface area contributed by atoms with E-state index >= 15 is 0 Å². The largest absolute Gasteiger partial charge is 0.315 e. The zero-order valence-electron chi connectivity index (χ0n) is 7.90. The standard InChI is InChI=1S/C11H10N2O2/c1-2-12-10-6-3-9(4-7-10)5-8-11(14)13-15/h1,3-8,12,15H,(H,13,14)/b8-5+. The Morgan fingerprint density at radius 3 is 2.60 bits per heavy atom. The molecule has 76 valence electrons. The van der Waals surface area contributed by atoms with E-state index in [-0.39, 0.29) is 0 Å². The van der Waals surface area contributed by atoms with Crippen LogP contribution in [0, 0.1) is 12.5 Å². The van der Waals surface area contributed by atoms with E-state index in [1.54, 1.807) is 30.3 Å². The van der Waals surface area contributed by atoms with E-state index in [1.165, 1.54) is 11.6 Å². The first-order valence-corrected chi connectivity index (χ1v) is 4.20. The molecule has 4 nitrogen and oxygen atoms in total. The first kappa shape index (κ1) is 10.8. The van der Waals surface area contributed by atoms with Crippen molar-refractivity contribution in [1.82, 2.24) is 5.48 Å². The van der Waals surface area contributed by atoms with Crippen molar-refractivity contribution in [3.63, 3.8) is 0 Å². The lowest BCUT2D eigenvalue weighted by Crippen LogP contribution is -2.14. The van der Waals surface area contributed by atoms with Gasteiger partial charge in [0.2, 0.25) is 0 Å². The number of carbonyl (C=O) groups is 1. The fraction of sp³-hybridized carbons (Fsp3) is 0. The summed E-state index contributed by atoms with van der Waals surface area (Å²) in [6.45, 7) is 0. The van der Waals surface area contributed by atoms with Crippen molar-refractivity contribution in [3.05, 3.63) is 35.9 Å². The lowest BCUT2D eigenvalue weighted by molar-refractivity contribution is -0.124. The molecule has 0 aromatic heterocycles. The molecule has 3 N–H and O–H groups in total. The van der Waals surface area contributed by atoms with Gasteiger partial charge in [0.15, 0.2) is 0 Å². The molecule has 1 amide bonds. The second-order valence-corrected chi connectivity index (χ2v) is 2.70. The molecule has 0 saturated carbocycles. The molecule has 0 atom stereocenters. The monoisotopic (exact) mass is 202 g/mol. The zero-order chi connectivity index (χ0) is 11.1. The summed E-state index contributed by atoms with van der Waals surface area (Å²) < 4.78 is 0. The highest BCUT2D eigenvalue weighted by Gasteiger charge is 1.92. The first-order chi connectivity index (χ1) is 7.26. The number of amides is 1. The number of hydrogen-bond acceptors (Lipinski definition) is 3. The van der Waals surface area contributed by atoms with Crippen molar-refractivity contribution in [2.24, 2.45) is 0 Å². The Balaban J connectivity index is 2.69. The molecule has 0 heterocycles. The summed E-state index contributed by atoms with van der Waals surface area (Å²) in [7, 11) is 0. The maximum absolute atomic E-state index is 10.7. The molecule has 0 aliphatic heterocycles. The van der Waals surface area contributed by atoms with Crippen LogP contribution in [0.2, 0.25) is 0 Å². The number of hydrogen-bond donors (Lipinski definition) is 3. The van der Waals surface area contributed by atoms with Crippen molar-refractivity contribution in [1.29, 1.82) is 0 Å². The van der Waals surface area contributed by atoms with Gasteiger partial charge in [-0.1, -0.05) is 18.6 Å². The van der Waals surface area contributed by atoms with Crippen molar-refractivity contribution in [3.8, 4) is 12.5 Å². The highest BCUT2D eigenvalue weighted by atomic mass is 16.5. The third-order valence-electron chi connectivity index (χ3n) is 1.66. The molecule has 4 heteroatoms. The van der Waals surface area contributed by atoms with Crippen LogP contribution in [-0.4, -0.2) is 11.1 Å². The number of terminal acetylenes is 1. The molecular formula is C11H10N2O2. The van der Waals surface area contributed by atoms with E-state index in [9.17, 15) is 4.79 Å². The van der Waals surface area contributed by atoms with Crippen molar-refractivity contribution in [2.75, 3.05) is 5.32 Å². The van der Waals surface area contributed by atoms with Gasteiger partial charge in [-0.2, -0.15) is 0 Å². The van der Waals surface area contributed by atoms with Crippen molar-refractivity contribution >= 4 is 17.7 Å². The average molecular weight is 202 g/mol. The van der Waals surface area contributed by atoms with Gasteiger partial charge in [0.25, 0.3) is 5.91 Å². The minimum Gasteiger partial charge on any atom is -0.315 e. The minimum atomic E-state index is -0.569. The number of benzene rings is 1. The maximum atomic E-state index is 10.7. The molecule has 0 unspecified atom stereocenters. The normalized spacial score (nSPS) is 9.60. The Kier molecular flexibility index (Phi) is 3.95. The maximum Gasteiger partial charge on any atom is 0.267 e. The first-order valence-electron chi connectivity index (χ1n) is 4.20. The highest BCUT2D eigenvalue weighted by Crippen LogP contribution is 2.09. The number of anilines is 1. The van der Waals surface area contributed by atoms with Crippen LogP contribution in [0.25, 0.3) is 6.08 Å². The van der Waals surface area contributed by atoms with E-state index < -0.39 is 5.91 Å². The summed E-state index contributed by atoms with van der Waals surface area (Å²) in [6, 6.07) is 9.46. The average Bonchev–Trinajstić information content (AvgIpc) is 2.28. The Morgan fingerprint density at radius 2 is 2.07 bits per heavy atom. The van der Waals surface area contributed by atoms with E-state index in [1.807, 2.05) is 0 Å². The van der Waals surface area contributed by atoms with E-state index in [2.05, 4.69) is 11.4 Å². The summed E-state index contributed by atoms with van der Waals surface area (Å²) in [5.41, 5.74) is 3.14. The van der Waals surface area contributed by atoms with Crippen molar-refractivity contribution in [2.45, 2.75) is 0 Å². The van der Waals surface area contributed by atoms with Crippen LogP contribution in [0.4, 0.5) is 5.69 Å². The van der Waals surface area contributed by atoms with Gasteiger partial charge in [-0.15, -0.1) is 0 Å². The third-order valence-corrected chi connectivity index (χ3v) is 1.66. The van der Waals surface area contributed by atoms with Crippen LogP contribution in [-0.2, 0) is 4.79 Å². The van der Waals surface area contributed by atoms with E-state index in [0.717, 1.165) is 11.3 Å². The topological polar surface area (TPSA) is 61.4 Å². The Hall–Kier alpha value is -2.25. The molecule has 0 aliphatic rings. The summed E-state index contributed by atoms with van der Waals surface area (Å²) >= 11 is 0. The predicted octanol–water partition coefficient (Wildman–Crippen LogP) is 1.21. The lowest BCUT2D eigenvalue weighted by Gasteiger charge is -1.98. The fourth-order valence-corrected chi connectivity index (χ4v) is 0.970. The molecule has 1 aromatic rings. The Labute approximate surface area is 87.6 Å². The summed E-state index contributed by atoms with van der Waals surface area (Å²) in [6.07, 6.45) is 7.86. The van der Waals surface area contributed by atoms with Gasteiger partial charge in [-0.3, -0.25) is 10.0 Å². The summed E-state index contributed by atoms with van der Waals surface area (Å²) in [5, 5.41) is 10.9. The summed E-state index contributed by atoms with van der Waals surface area (Å²) in [4.78, 5) is 10.7. The minimum absolute atomic E-state index is 0.569. The molecule has 15 heavy (non-hydrogen) atoms. The molecule has 1 rings (SSSR count). The second kappa shape index (κ2) is 5.47. The van der Waals surface area contributed by atoms with Crippen LogP contribution in [0.3, 0.4) is 0 Å².